The van der Waals surface area contributed by atoms with E-state index in [1.807, 2.05) is 7.11 Å². The fourth-order valence-electron chi connectivity index (χ4n) is 2.07. The fraction of sp³-hybridized carbons (Fsp3) is 0.833. The summed E-state index contributed by atoms with van der Waals surface area (Å²) >= 11 is 0. The summed E-state index contributed by atoms with van der Waals surface area (Å²) < 4.78 is 5.55. The topological polar surface area (TPSA) is 35.2 Å². The molecule has 0 aromatic heterocycles. The highest BCUT2D eigenvalue weighted by molar-refractivity contribution is 4.94. The second-order valence-corrected chi connectivity index (χ2v) is 4.70. The average molecular weight is 197 g/mol. The SMILES string of the molecule is C=C(C)CCC(N)CC1(OC)CCC1. The lowest BCUT2D eigenvalue weighted by Crippen LogP contribution is -2.44. The second-order valence-electron chi connectivity index (χ2n) is 4.70. The van der Waals surface area contributed by atoms with Gasteiger partial charge in [-0.2, -0.15) is 0 Å². The minimum absolute atomic E-state index is 0.120. The molecule has 2 nitrogen and oxygen atoms in total. The van der Waals surface area contributed by atoms with Crippen molar-refractivity contribution in [1.29, 1.82) is 0 Å². The molecule has 1 aliphatic rings. The minimum Gasteiger partial charge on any atom is -0.378 e. The molecule has 0 spiro atoms. The first-order chi connectivity index (χ1) is 6.58. The van der Waals surface area contributed by atoms with Crippen molar-refractivity contribution in [3.63, 3.8) is 0 Å². The summed E-state index contributed by atoms with van der Waals surface area (Å²) in [6, 6.07) is 0.270. The Balaban J connectivity index is 2.24. The number of allylic oxidation sites excluding steroid dienone is 1. The smallest absolute Gasteiger partial charge is 0.0693 e. The van der Waals surface area contributed by atoms with E-state index < -0.39 is 0 Å². The Labute approximate surface area is 87.5 Å². The Morgan fingerprint density at radius 3 is 2.57 bits per heavy atom. The Kier molecular flexibility index (Phi) is 4.14. The van der Waals surface area contributed by atoms with Gasteiger partial charge in [-0.1, -0.05) is 5.57 Å². The number of methoxy groups -OCH3 is 1. The average Bonchev–Trinajstić information content (AvgIpc) is 2.08. The molecule has 1 saturated carbocycles. The number of nitrogens with two attached hydrogens (primary N) is 1. The lowest BCUT2D eigenvalue weighted by atomic mass is 9.75. The molecule has 2 N–H and O–H groups in total. The molecule has 14 heavy (non-hydrogen) atoms. The monoisotopic (exact) mass is 197 g/mol. The van der Waals surface area contributed by atoms with Crippen LogP contribution in [0.25, 0.3) is 0 Å². The summed E-state index contributed by atoms with van der Waals surface area (Å²) in [5.74, 6) is 0. The van der Waals surface area contributed by atoms with E-state index >= 15 is 0 Å². The summed E-state index contributed by atoms with van der Waals surface area (Å²) in [4.78, 5) is 0. The molecule has 82 valence electrons. The van der Waals surface area contributed by atoms with Crippen LogP contribution in [0.4, 0.5) is 0 Å². The molecule has 0 aliphatic heterocycles. The first kappa shape index (κ1) is 11.7. The maximum absolute atomic E-state index is 6.07. The number of ether oxygens (including phenoxy) is 1. The maximum Gasteiger partial charge on any atom is 0.0693 e. The van der Waals surface area contributed by atoms with Gasteiger partial charge in [0.1, 0.15) is 0 Å². The largest absolute Gasteiger partial charge is 0.378 e. The van der Waals surface area contributed by atoms with Gasteiger partial charge in [0.15, 0.2) is 0 Å². The molecule has 0 radical (unpaired) electrons. The van der Waals surface area contributed by atoms with E-state index in [0.29, 0.717) is 0 Å². The molecule has 1 atom stereocenters. The molecule has 0 amide bonds. The molecular weight excluding hydrogens is 174 g/mol. The fourth-order valence-corrected chi connectivity index (χ4v) is 2.07. The first-order valence-electron chi connectivity index (χ1n) is 5.53. The summed E-state index contributed by atoms with van der Waals surface area (Å²) in [6.45, 7) is 5.95. The molecule has 1 fully saturated rings. The Bertz CT molecular complexity index is 191. The van der Waals surface area contributed by atoms with Gasteiger partial charge in [-0.05, 0) is 45.4 Å². The van der Waals surface area contributed by atoms with Gasteiger partial charge in [0.25, 0.3) is 0 Å². The van der Waals surface area contributed by atoms with E-state index in [9.17, 15) is 0 Å². The molecule has 2 heteroatoms. The van der Waals surface area contributed by atoms with Crippen molar-refractivity contribution in [3.8, 4) is 0 Å². The van der Waals surface area contributed by atoms with Gasteiger partial charge in [0, 0.05) is 13.2 Å². The standard InChI is InChI=1S/C12H23NO/c1-10(2)5-6-11(13)9-12(14-3)7-4-8-12/h11H,1,4-9,13H2,2-3H3. The predicted molar refractivity (Wildman–Crippen MR) is 60.2 cm³/mol. The third-order valence-corrected chi connectivity index (χ3v) is 3.27. The van der Waals surface area contributed by atoms with Crippen LogP contribution in [-0.2, 0) is 4.74 Å². The molecular formula is C12H23NO. The van der Waals surface area contributed by atoms with Crippen molar-refractivity contribution in [2.75, 3.05) is 7.11 Å². The number of hydrogen-bond donors (Lipinski definition) is 1. The van der Waals surface area contributed by atoms with Gasteiger partial charge in [0.05, 0.1) is 5.60 Å². The van der Waals surface area contributed by atoms with Crippen molar-refractivity contribution < 1.29 is 4.74 Å². The lowest BCUT2D eigenvalue weighted by molar-refractivity contribution is -0.0817. The van der Waals surface area contributed by atoms with Crippen molar-refractivity contribution in [3.05, 3.63) is 12.2 Å². The zero-order chi connectivity index (χ0) is 10.6. The van der Waals surface area contributed by atoms with Crippen LogP contribution < -0.4 is 5.73 Å². The highest BCUT2D eigenvalue weighted by atomic mass is 16.5. The quantitative estimate of drug-likeness (QED) is 0.664. The first-order valence-corrected chi connectivity index (χ1v) is 5.53. The van der Waals surface area contributed by atoms with Gasteiger partial charge in [-0.25, -0.2) is 0 Å². The van der Waals surface area contributed by atoms with Crippen molar-refractivity contribution in [2.24, 2.45) is 5.73 Å². The minimum atomic E-state index is 0.120. The molecule has 1 rings (SSSR count). The molecule has 0 heterocycles. The third-order valence-electron chi connectivity index (χ3n) is 3.27. The van der Waals surface area contributed by atoms with Crippen LogP contribution in [0.15, 0.2) is 12.2 Å². The van der Waals surface area contributed by atoms with Crippen LogP contribution in [0, 0.1) is 0 Å². The summed E-state index contributed by atoms with van der Waals surface area (Å²) in [7, 11) is 1.81. The Morgan fingerprint density at radius 1 is 1.57 bits per heavy atom. The van der Waals surface area contributed by atoms with Crippen LogP contribution in [0.5, 0.6) is 0 Å². The van der Waals surface area contributed by atoms with Gasteiger partial charge in [0.2, 0.25) is 0 Å². The van der Waals surface area contributed by atoms with Crippen LogP contribution in [-0.4, -0.2) is 18.8 Å². The van der Waals surface area contributed by atoms with Crippen molar-refractivity contribution in [1.82, 2.24) is 0 Å². The van der Waals surface area contributed by atoms with Gasteiger partial charge in [-0.3, -0.25) is 0 Å². The van der Waals surface area contributed by atoms with Crippen molar-refractivity contribution in [2.45, 2.75) is 57.1 Å². The Hall–Kier alpha value is -0.340. The third kappa shape index (κ3) is 3.10. The van der Waals surface area contributed by atoms with Crippen LogP contribution in [0.2, 0.25) is 0 Å². The van der Waals surface area contributed by atoms with E-state index in [4.69, 9.17) is 10.5 Å². The number of hydrogen-bond acceptors (Lipinski definition) is 2. The van der Waals surface area contributed by atoms with E-state index in [0.717, 1.165) is 19.3 Å². The van der Waals surface area contributed by atoms with Gasteiger partial charge < -0.3 is 10.5 Å². The normalized spacial score (nSPS) is 21.4. The van der Waals surface area contributed by atoms with E-state index in [1.54, 1.807) is 0 Å². The van der Waals surface area contributed by atoms with E-state index in [1.165, 1.54) is 24.8 Å². The molecule has 1 aliphatic carbocycles. The zero-order valence-electron chi connectivity index (χ0n) is 9.51. The summed E-state index contributed by atoms with van der Waals surface area (Å²) in [5.41, 5.74) is 7.41. The van der Waals surface area contributed by atoms with Gasteiger partial charge in [-0.15, -0.1) is 6.58 Å². The van der Waals surface area contributed by atoms with Crippen LogP contribution in [0.1, 0.15) is 45.4 Å². The molecule has 0 saturated heterocycles. The van der Waals surface area contributed by atoms with Crippen LogP contribution >= 0.6 is 0 Å². The molecule has 1 unspecified atom stereocenters. The highest BCUT2D eigenvalue weighted by Crippen LogP contribution is 2.39. The lowest BCUT2D eigenvalue weighted by Gasteiger charge is -2.42. The Morgan fingerprint density at radius 2 is 2.21 bits per heavy atom. The summed E-state index contributed by atoms with van der Waals surface area (Å²) in [6.07, 6.45) is 6.76. The highest BCUT2D eigenvalue weighted by Gasteiger charge is 2.37. The molecule has 0 aromatic carbocycles. The zero-order valence-corrected chi connectivity index (χ0v) is 9.51. The molecule has 0 aromatic rings. The number of rotatable bonds is 6. The van der Waals surface area contributed by atoms with Crippen molar-refractivity contribution >= 4 is 0 Å². The van der Waals surface area contributed by atoms with E-state index in [-0.39, 0.29) is 11.6 Å². The predicted octanol–water partition coefficient (Wildman–Crippen LogP) is 2.63. The second kappa shape index (κ2) is 4.94. The maximum atomic E-state index is 6.07. The van der Waals surface area contributed by atoms with E-state index in [2.05, 4.69) is 13.5 Å². The molecule has 0 bridgehead atoms. The van der Waals surface area contributed by atoms with Gasteiger partial charge >= 0.3 is 0 Å². The van der Waals surface area contributed by atoms with Crippen LogP contribution in [0.3, 0.4) is 0 Å². The summed E-state index contributed by atoms with van der Waals surface area (Å²) in [5, 5.41) is 0.